The topological polar surface area (TPSA) is 164 Å². The predicted octanol–water partition coefficient (Wildman–Crippen LogP) is -3.67. The molecule has 0 saturated carbocycles. The largest absolute Gasteiger partial charge is 0.508 e. The van der Waals surface area contributed by atoms with E-state index in [9.17, 15) is 5.11 Å². The molecule has 0 aliphatic heterocycles. The summed E-state index contributed by atoms with van der Waals surface area (Å²) in [5.41, 5.74) is 6.64. The highest BCUT2D eigenvalue weighted by atomic mass is 35.7. The Balaban J connectivity index is 0.000000463. The fraction of sp³-hybridized carbons (Fsp3) is 0.231. The maximum atomic E-state index is 9.32. The zero-order valence-electron chi connectivity index (χ0n) is 12.4. The van der Waals surface area contributed by atoms with Gasteiger partial charge in [0.2, 0.25) is 5.82 Å². The van der Waals surface area contributed by atoms with Crippen LogP contribution in [-0.2, 0) is 13.7 Å². The van der Waals surface area contributed by atoms with E-state index >= 15 is 0 Å². The van der Waals surface area contributed by atoms with Crippen molar-refractivity contribution < 1.29 is 43.3 Å². The number of anilines is 1. The highest BCUT2D eigenvalue weighted by Gasteiger charge is 2.12. The van der Waals surface area contributed by atoms with Gasteiger partial charge in [-0.05, 0) is 17.1 Å². The van der Waals surface area contributed by atoms with Gasteiger partial charge in [-0.25, -0.2) is 23.2 Å². The van der Waals surface area contributed by atoms with Gasteiger partial charge in [-0.15, -0.1) is 10.2 Å². The lowest BCUT2D eigenvalue weighted by Gasteiger charge is -2.17. The average Bonchev–Trinajstić information content (AvgIpc) is 2.40. The molecule has 0 bridgehead atoms. The van der Waals surface area contributed by atoms with E-state index in [1.54, 1.807) is 24.3 Å². The van der Waals surface area contributed by atoms with Crippen molar-refractivity contribution >= 4 is 5.82 Å². The van der Waals surface area contributed by atoms with Gasteiger partial charge in [0.1, 0.15) is 24.3 Å². The molecule has 0 atom stereocenters. The van der Waals surface area contributed by atoms with Gasteiger partial charge in [-0.1, -0.05) is 6.07 Å². The van der Waals surface area contributed by atoms with Crippen LogP contribution in [0.4, 0.5) is 5.82 Å². The fourth-order valence-electron chi connectivity index (χ4n) is 1.56. The third-order valence-electron chi connectivity index (χ3n) is 2.68. The number of phenolic OH excluding ortho intramolecular Hbond substituents is 1. The lowest BCUT2D eigenvalue weighted by molar-refractivity contribution is -2.00. The molecule has 9 nitrogen and oxygen atoms in total. The number of hydrogen-bond donors (Lipinski definition) is 2. The van der Waals surface area contributed by atoms with E-state index in [1.807, 2.05) is 24.7 Å². The van der Waals surface area contributed by atoms with E-state index in [1.165, 1.54) is 0 Å². The summed E-state index contributed by atoms with van der Waals surface area (Å²) in [7, 11) is -3.04. The zero-order valence-corrected chi connectivity index (χ0v) is 13.2. The van der Waals surface area contributed by atoms with E-state index < -0.39 is 10.2 Å². The van der Waals surface area contributed by atoms with E-state index in [4.69, 9.17) is 29.1 Å². The first-order valence-corrected chi connectivity index (χ1v) is 7.45. The minimum atomic E-state index is -4.94. The van der Waals surface area contributed by atoms with Crippen LogP contribution in [0.25, 0.3) is 0 Å². The van der Waals surface area contributed by atoms with Crippen LogP contribution in [0.15, 0.2) is 30.5 Å². The number of aryl methyl sites for hydroxylation is 2. The van der Waals surface area contributed by atoms with E-state index in [0.29, 0.717) is 18.2 Å². The van der Waals surface area contributed by atoms with Gasteiger partial charge in [0.05, 0.1) is 12.6 Å². The summed E-state index contributed by atoms with van der Waals surface area (Å²) in [6, 6.07) is 6.64. The molecule has 23 heavy (non-hydrogen) atoms. The molecule has 1 aromatic heterocycles. The molecule has 1 heterocycles. The Labute approximate surface area is 134 Å². The normalized spacial score (nSPS) is 10.7. The van der Waals surface area contributed by atoms with Gasteiger partial charge < -0.3 is 15.6 Å². The number of phenols is 1. The number of nitrogen functional groups attached to an aromatic ring is 1. The molecule has 126 valence electrons. The number of ether oxygens (including phenoxy) is 1. The third kappa shape index (κ3) is 7.58. The number of aromatic hydroxyl groups is 1. The number of hydrogen-bond acceptors (Lipinski definition) is 8. The number of nitrogens with two attached hydrogens (primary N) is 1. The van der Waals surface area contributed by atoms with Crippen molar-refractivity contribution in [3.05, 3.63) is 41.9 Å². The lowest BCUT2D eigenvalue weighted by Crippen LogP contribution is -2.68. The molecule has 10 heteroatoms. The molecule has 0 aliphatic carbocycles. The second-order valence-electron chi connectivity index (χ2n) is 4.47. The van der Waals surface area contributed by atoms with Crippen LogP contribution < -0.4 is 33.7 Å². The van der Waals surface area contributed by atoms with Gasteiger partial charge in [-0.3, -0.25) is 0 Å². The Kier molecular flexibility index (Phi) is 6.49. The number of halogens is 1. The van der Waals surface area contributed by atoms with Crippen LogP contribution in [0.3, 0.4) is 0 Å². The van der Waals surface area contributed by atoms with Gasteiger partial charge in [0.25, 0.3) is 5.82 Å². The second kappa shape index (κ2) is 7.90. The Morgan fingerprint density at radius 2 is 1.91 bits per heavy atom. The van der Waals surface area contributed by atoms with Crippen LogP contribution in [-0.4, -0.2) is 10.1 Å². The van der Waals surface area contributed by atoms with Crippen molar-refractivity contribution in [2.24, 2.45) is 7.05 Å². The third-order valence-corrected chi connectivity index (χ3v) is 2.68. The number of nitrogens with zero attached hydrogens (tertiary/aromatic N) is 2. The summed E-state index contributed by atoms with van der Waals surface area (Å²) in [6.45, 7) is 2.20. The summed E-state index contributed by atoms with van der Waals surface area (Å²) < 4.78 is 41.4. The van der Waals surface area contributed by atoms with Crippen LogP contribution >= 0.6 is 0 Å². The Bertz CT molecular complexity index is 657. The van der Waals surface area contributed by atoms with Gasteiger partial charge in [-0.2, -0.15) is 0 Å². The summed E-state index contributed by atoms with van der Waals surface area (Å²) in [5.74, 6) is 2.07. The highest BCUT2D eigenvalue weighted by Crippen LogP contribution is 2.19. The van der Waals surface area contributed by atoms with Crippen molar-refractivity contribution in [3.8, 4) is 11.5 Å². The van der Waals surface area contributed by atoms with Gasteiger partial charge >= 0.3 is 0 Å². The van der Waals surface area contributed by atoms with Gasteiger partial charge in [0, 0.05) is 13.0 Å². The smallest absolute Gasteiger partial charge is 0.297 e. The SMILES string of the molecule is Cc1nc(N)c(COc2cccc(O)c2)c[n+]1C.[O-][Cl+3]([O-])([O-])[O-]. The van der Waals surface area contributed by atoms with Crippen LogP contribution in [0.1, 0.15) is 11.4 Å². The maximum absolute atomic E-state index is 9.32. The number of benzene rings is 1. The van der Waals surface area contributed by atoms with Crippen molar-refractivity contribution in [2.75, 3.05) is 5.73 Å². The lowest BCUT2D eigenvalue weighted by atomic mass is 10.3. The summed E-state index contributed by atoms with van der Waals surface area (Å²) in [4.78, 5) is 4.21. The Morgan fingerprint density at radius 1 is 1.30 bits per heavy atom. The van der Waals surface area contributed by atoms with E-state index in [2.05, 4.69) is 4.98 Å². The fourth-order valence-corrected chi connectivity index (χ4v) is 1.56. The summed E-state index contributed by atoms with van der Waals surface area (Å²) in [5, 5.41) is 9.32. The van der Waals surface area contributed by atoms with Crippen molar-refractivity contribution in [1.29, 1.82) is 0 Å². The second-order valence-corrected chi connectivity index (χ2v) is 5.23. The quantitative estimate of drug-likeness (QED) is 0.537. The zero-order chi connectivity index (χ0) is 17.6. The molecular formula is C13H16ClN3O6. The molecule has 0 amide bonds. The monoisotopic (exact) mass is 345 g/mol. The number of rotatable bonds is 3. The Hall–Kier alpha value is -2.17. The van der Waals surface area contributed by atoms with Crippen molar-refractivity contribution in [2.45, 2.75) is 13.5 Å². The first kappa shape index (κ1) is 18.9. The molecular weight excluding hydrogens is 330 g/mol. The number of aromatic nitrogens is 2. The minimum absolute atomic E-state index is 0.174. The molecule has 0 fully saturated rings. The summed E-state index contributed by atoms with van der Waals surface area (Å²) in [6.07, 6.45) is 1.89. The first-order valence-electron chi connectivity index (χ1n) is 6.21. The maximum Gasteiger partial charge on any atom is 0.297 e. The van der Waals surface area contributed by atoms with Crippen molar-refractivity contribution in [3.63, 3.8) is 0 Å². The molecule has 0 radical (unpaired) electrons. The summed E-state index contributed by atoms with van der Waals surface area (Å²) >= 11 is 0. The first-order chi connectivity index (χ1) is 10.6. The molecule has 0 aliphatic rings. The standard InChI is InChI=1S/C13H15N3O2.ClHO4/c1-9-15-13(14)10(7-16(9)2)8-18-12-5-3-4-11(17)6-12;2-1(3,4)5/h3-7,14,17H,8H2,1-2H3;(H,2,3,4,5). The highest BCUT2D eigenvalue weighted by molar-refractivity contribution is 5.37. The Morgan fingerprint density at radius 3 is 2.48 bits per heavy atom. The molecule has 2 aromatic rings. The predicted molar refractivity (Wildman–Crippen MR) is 67.0 cm³/mol. The van der Waals surface area contributed by atoms with Crippen LogP contribution in [0, 0.1) is 17.2 Å². The van der Waals surface area contributed by atoms with Crippen LogP contribution in [0.5, 0.6) is 11.5 Å². The van der Waals surface area contributed by atoms with E-state index in [0.717, 1.165) is 11.4 Å². The minimum Gasteiger partial charge on any atom is -0.508 e. The molecule has 1 aromatic carbocycles. The molecule has 0 spiro atoms. The van der Waals surface area contributed by atoms with Gasteiger partial charge in [0.15, 0.2) is 0 Å². The van der Waals surface area contributed by atoms with E-state index in [-0.39, 0.29) is 5.75 Å². The molecule has 0 unspecified atom stereocenters. The molecule has 2 rings (SSSR count). The van der Waals surface area contributed by atoms with Crippen LogP contribution in [0.2, 0.25) is 0 Å². The van der Waals surface area contributed by atoms with Crippen molar-refractivity contribution in [1.82, 2.24) is 4.98 Å². The molecule has 3 N–H and O–H groups in total. The average molecular weight is 346 g/mol. The molecule has 0 saturated heterocycles.